The fourth-order valence-corrected chi connectivity index (χ4v) is 5.11. The number of nitrogens with one attached hydrogen (secondary N) is 3. The standard InChI is InChI=1S/C31H32FN9/c1-4-34-14-18-9-21(16-35-15-18)25-5-6-27-30(38-25)31(40-39-27)28-13-23-26(37-28)7-8-36-29(23)20-10-19(11-22(32)12-20)24(33)17-41(2)3/h5-13,15-16,24,34,37H,4,14,17,33H2,1-3H3,(H,39,40). The van der Waals surface area contributed by atoms with E-state index in [4.69, 9.17) is 10.7 Å². The zero-order valence-corrected chi connectivity index (χ0v) is 23.2. The third-order valence-electron chi connectivity index (χ3n) is 7.06. The van der Waals surface area contributed by atoms with Crippen molar-refractivity contribution in [1.29, 1.82) is 0 Å². The Kier molecular flexibility index (Phi) is 7.27. The van der Waals surface area contributed by atoms with E-state index in [-0.39, 0.29) is 11.9 Å². The number of nitrogens with two attached hydrogens (primary N) is 1. The first-order chi connectivity index (χ1) is 19.9. The van der Waals surface area contributed by atoms with Gasteiger partial charge >= 0.3 is 0 Å². The molecule has 0 saturated carbocycles. The van der Waals surface area contributed by atoms with Crippen LogP contribution >= 0.6 is 0 Å². The van der Waals surface area contributed by atoms with Crippen molar-refractivity contribution in [1.82, 2.24) is 40.3 Å². The van der Waals surface area contributed by atoms with Gasteiger partial charge in [0.25, 0.3) is 0 Å². The van der Waals surface area contributed by atoms with E-state index in [0.29, 0.717) is 23.5 Å². The average molecular weight is 550 g/mol. The number of benzene rings is 1. The molecule has 0 aliphatic rings. The third-order valence-corrected chi connectivity index (χ3v) is 7.06. The van der Waals surface area contributed by atoms with Crippen LogP contribution in [0.3, 0.4) is 0 Å². The van der Waals surface area contributed by atoms with Crippen molar-refractivity contribution in [3.63, 3.8) is 0 Å². The van der Waals surface area contributed by atoms with E-state index >= 15 is 0 Å². The topological polar surface area (TPSA) is 124 Å². The van der Waals surface area contributed by atoms with Gasteiger partial charge in [0.05, 0.1) is 22.6 Å². The first-order valence-corrected chi connectivity index (χ1v) is 13.6. The molecule has 0 bridgehead atoms. The Labute approximate surface area is 237 Å². The van der Waals surface area contributed by atoms with Crippen LogP contribution in [0.2, 0.25) is 0 Å². The first kappa shape index (κ1) is 26.7. The minimum Gasteiger partial charge on any atom is -0.353 e. The van der Waals surface area contributed by atoms with Crippen molar-refractivity contribution < 1.29 is 4.39 Å². The Morgan fingerprint density at radius 1 is 1.00 bits per heavy atom. The number of likely N-dealkylation sites (N-methyl/N-ethyl adjacent to an activating group) is 1. The van der Waals surface area contributed by atoms with Crippen LogP contribution in [-0.2, 0) is 6.54 Å². The lowest BCUT2D eigenvalue weighted by Gasteiger charge is -2.18. The van der Waals surface area contributed by atoms with E-state index in [1.807, 2.05) is 61.7 Å². The predicted octanol–water partition coefficient (Wildman–Crippen LogP) is 5.04. The summed E-state index contributed by atoms with van der Waals surface area (Å²) in [6.07, 6.45) is 5.40. The van der Waals surface area contributed by atoms with Gasteiger partial charge < -0.3 is 20.9 Å². The van der Waals surface area contributed by atoms with Crippen LogP contribution in [-0.4, -0.2) is 62.2 Å². The smallest absolute Gasteiger partial charge is 0.135 e. The molecule has 5 heterocycles. The molecule has 0 aliphatic heterocycles. The van der Waals surface area contributed by atoms with E-state index in [1.54, 1.807) is 6.20 Å². The predicted molar refractivity (Wildman–Crippen MR) is 160 cm³/mol. The molecule has 5 N–H and O–H groups in total. The summed E-state index contributed by atoms with van der Waals surface area (Å²) in [5, 5.41) is 11.9. The molecule has 1 unspecified atom stereocenters. The van der Waals surface area contributed by atoms with E-state index in [0.717, 1.165) is 63.1 Å². The molecular formula is C31H32FN9. The number of nitrogens with zero attached hydrogens (tertiary/aromatic N) is 5. The van der Waals surface area contributed by atoms with Crippen molar-refractivity contribution >= 4 is 21.9 Å². The van der Waals surface area contributed by atoms with Crippen LogP contribution in [0.5, 0.6) is 0 Å². The highest BCUT2D eigenvalue weighted by molar-refractivity contribution is 5.99. The van der Waals surface area contributed by atoms with E-state index in [2.05, 4.69) is 43.5 Å². The highest BCUT2D eigenvalue weighted by atomic mass is 19.1. The molecule has 1 atom stereocenters. The van der Waals surface area contributed by atoms with E-state index in [1.165, 1.54) is 12.1 Å². The summed E-state index contributed by atoms with van der Waals surface area (Å²) >= 11 is 0. The monoisotopic (exact) mass is 549 g/mol. The van der Waals surface area contributed by atoms with E-state index < -0.39 is 0 Å². The van der Waals surface area contributed by atoms with Crippen molar-refractivity contribution in [3.05, 3.63) is 84.1 Å². The molecular weight excluding hydrogens is 517 g/mol. The Bertz CT molecular complexity index is 1840. The molecule has 0 fully saturated rings. The second-order valence-corrected chi connectivity index (χ2v) is 10.5. The minimum atomic E-state index is -0.347. The van der Waals surface area contributed by atoms with E-state index in [9.17, 15) is 4.39 Å². The lowest BCUT2D eigenvalue weighted by atomic mass is 10.0. The zero-order chi connectivity index (χ0) is 28.5. The van der Waals surface area contributed by atoms with Crippen LogP contribution < -0.4 is 11.1 Å². The lowest BCUT2D eigenvalue weighted by molar-refractivity contribution is 0.376. The molecule has 0 radical (unpaired) electrons. The summed E-state index contributed by atoms with van der Waals surface area (Å²) in [7, 11) is 3.89. The summed E-state index contributed by atoms with van der Waals surface area (Å²) in [6.45, 7) is 4.31. The molecule has 1 aromatic carbocycles. The van der Waals surface area contributed by atoms with Crippen LogP contribution in [0.1, 0.15) is 24.1 Å². The number of hydrogen-bond donors (Lipinski definition) is 4. The summed E-state index contributed by atoms with van der Waals surface area (Å²) in [6, 6.07) is 14.5. The molecule has 5 aromatic heterocycles. The van der Waals surface area contributed by atoms with Crippen LogP contribution in [0.15, 0.2) is 67.1 Å². The number of aromatic amines is 2. The second kappa shape index (κ2) is 11.2. The summed E-state index contributed by atoms with van der Waals surface area (Å²) in [5.41, 5.74) is 15.2. The second-order valence-electron chi connectivity index (χ2n) is 10.5. The lowest BCUT2D eigenvalue weighted by Crippen LogP contribution is -2.26. The number of hydrogen-bond acceptors (Lipinski definition) is 7. The maximum atomic E-state index is 14.7. The first-order valence-electron chi connectivity index (χ1n) is 13.6. The van der Waals surface area contributed by atoms with Gasteiger partial charge in [0.15, 0.2) is 0 Å². The van der Waals surface area contributed by atoms with Crippen molar-refractivity contribution in [2.24, 2.45) is 5.73 Å². The van der Waals surface area contributed by atoms with Crippen molar-refractivity contribution in [2.45, 2.75) is 19.5 Å². The number of fused-ring (bicyclic) bond motifs is 2. The number of H-pyrrole nitrogens is 2. The SMILES string of the molecule is CCNCc1cncc(-c2ccc3[nH]nc(-c4cc5c(-c6cc(F)cc(C(N)CN(C)C)c6)nccc5[nH]4)c3n2)c1. The fraction of sp³-hybridized carbons (Fsp3) is 0.226. The van der Waals surface area contributed by atoms with Gasteiger partial charge in [-0.05, 0) is 80.3 Å². The molecule has 0 spiro atoms. The molecule has 0 amide bonds. The Morgan fingerprint density at radius 3 is 2.71 bits per heavy atom. The van der Waals surface area contributed by atoms with Gasteiger partial charge in [-0.3, -0.25) is 15.1 Å². The van der Waals surface area contributed by atoms with Crippen molar-refractivity contribution in [3.8, 4) is 33.9 Å². The van der Waals surface area contributed by atoms with Crippen LogP contribution in [0.25, 0.3) is 55.8 Å². The number of aromatic nitrogens is 6. The van der Waals surface area contributed by atoms with Gasteiger partial charge in [0, 0.05) is 59.8 Å². The van der Waals surface area contributed by atoms with Crippen molar-refractivity contribution in [2.75, 3.05) is 27.2 Å². The van der Waals surface area contributed by atoms with Gasteiger partial charge in [0.2, 0.25) is 0 Å². The Morgan fingerprint density at radius 2 is 1.88 bits per heavy atom. The van der Waals surface area contributed by atoms with Gasteiger partial charge in [-0.15, -0.1) is 0 Å². The summed E-state index contributed by atoms with van der Waals surface area (Å²) in [5.74, 6) is -0.347. The van der Waals surface area contributed by atoms with Gasteiger partial charge in [-0.25, -0.2) is 9.37 Å². The highest BCUT2D eigenvalue weighted by Gasteiger charge is 2.18. The molecule has 6 rings (SSSR count). The molecule has 9 nitrogen and oxygen atoms in total. The minimum absolute atomic E-state index is 0.324. The average Bonchev–Trinajstić information content (AvgIpc) is 3.59. The Hall–Kier alpha value is -4.51. The molecule has 0 saturated heterocycles. The van der Waals surface area contributed by atoms with Crippen LogP contribution in [0.4, 0.5) is 4.39 Å². The molecule has 208 valence electrons. The van der Waals surface area contributed by atoms with Gasteiger partial charge in [-0.1, -0.05) is 6.92 Å². The molecule has 41 heavy (non-hydrogen) atoms. The third kappa shape index (κ3) is 5.45. The normalized spacial score (nSPS) is 12.5. The molecule has 0 aliphatic carbocycles. The summed E-state index contributed by atoms with van der Waals surface area (Å²) in [4.78, 5) is 19.4. The molecule has 6 aromatic rings. The quantitative estimate of drug-likeness (QED) is 0.199. The maximum absolute atomic E-state index is 14.7. The van der Waals surface area contributed by atoms with Gasteiger partial charge in [-0.2, -0.15) is 5.10 Å². The summed E-state index contributed by atoms with van der Waals surface area (Å²) < 4.78 is 14.7. The van der Waals surface area contributed by atoms with Crippen LogP contribution in [0, 0.1) is 5.82 Å². The van der Waals surface area contributed by atoms with Gasteiger partial charge in [0.1, 0.15) is 17.0 Å². The number of rotatable bonds is 9. The maximum Gasteiger partial charge on any atom is 0.135 e. The molecule has 10 heteroatoms. The Balaban J connectivity index is 1.40. The zero-order valence-electron chi connectivity index (χ0n) is 23.2. The highest BCUT2D eigenvalue weighted by Crippen LogP contribution is 2.34. The fourth-order valence-electron chi connectivity index (χ4n) is 5.11. The number of pyridine rings is 3. The largest absolute Gasteiger partial charge is 0.353 e. The number of halogens is 1.